The summed E-state index contributed by atoms with van der Waals surface area (Å²) in [4.78, 5) is 0. The maximum atomic E-state index is 6.27. The first-order chi connectivity index (χ1) is 8.99. The zero-order valence-corrected chi connectivity index (χ0v) is 15.2. The minimum Gasteiger partial charge on any atom is -0.385 e. The molecule has 2 nitrogen and oxygen atoms in total. The minimum atomic E-state index is -1.51. The maximum absolute atomic E-state index is 6.27. The average Bonchev–Trinajstić information content (AvgIpc) is 2.24. The molecular formula is C17H29O2Si. The standard InChI is InChI=1S/C17H29O2Si/c1-13(2)14-11-9-10-12-15(14)20(18-16(3,4)5)19-17(6,7)8/h9-13H,1-8H3. The van der Waals surface area contributed by atoms with Gasteiger partial charge in [0, 0.05) is 0 Å². The third-order valence-electron chi connectivity index (χ3n) is 2.60. The molecule has 1 radical (unpaired) electrons. The number of rotatable bonds is 4. The lowest BCUT2D eigenvalue weighted by molar-refractivity contribution is 0.0407. The Balaban J connectivity index is 3.16. The molecule has 0 spiro atoms. The topological polar surface area (TPSA) is 18.5 Å². The molecule has 1 rings (SSSR count). The van der Waals surface area contributed by atoms with E-state index in [2.05, 4.69) is 79.7 Å². The molecule has 0 atom stereocenters. The summed E-state index contributed by atoms with van der Waals surface area (Å²) in [5, 5.41) is 1.23. The molecule has 20 heavy (non-hydrogen) atoms. The molecule has 0 bridgehead atoms. The highest BCUT2D eigenvalue weighted by Crippen LogP contribution is 2.19. The smallest absolute Gasteiger partial charge is 0.385 e. The summed E-state index contributed by atoms with van der Waals surface area (Å²) in [5.74, 6) is 0.471. The summed E-state index contributed by atoms with van der Waals surface area (Å²) in [7, 11) is -1.51. The Hall–Kier alpha value is -0.643. The van der Waals surface area contributed by atoms with E-state index in [4.69, 9.17) is 8.85 Å². The normalized spacial score (nSPS) is 13.3. The molecule has 0 aliphatic rings. The van der Waals surface area contributed by atoms with Gasteiger partial charge in [0.05, 0.1) is 11.2 Å². The molecule has 0 aliphatic carbocycles. The van der Waals surface area contributed by atoms with Gasteiger partial charge in [0.2, 0.25) is 0 Å². The second kappa shape index (κ2) is 6.42. The zero-order chi connectivity index (χ0) is 15.6. The van der Waals surface area contributed by atoms with Crippen LogP contribution in [0.15, 0.2) is 24.3 Å². The Bertz CT molecular complexity index is 411. The van der Waals surface area contributed by atoms with Crippen molar-refractivity contribution in [2.45, 2.75) is 72.5 Å². The molecule has 0 fully saturated rings. The molecule has 1 aromatic carbocycles. The van der Waals surface area contributed by atoms with Crippen LogP contribution in [0.1, 0.15) is 66.9 Å². The van der Waals surface area contributed by atoms with Crippen LogP contribution in [0, 0.1) is 0 Å². The highest BCUT2D eigenvalue weighted by molar-refractivity contribution is 6.62. The van der Waals surface area contributed by atoms with Gasteiger partial charge in [0.15, 0.2) is 0 Å². The molecule has 1 aromatic rings. The van der Waals surface area contributed by atoms with Crippen LogP contribution in [0.25, 0.3) is 0 Å². The van der Waals surface area contributed by atoms with Gasteiger partial charge in [-0.25, -0.2) is 0 Å². The lowest BCUT2D eigenvalue weighted by Gasteiger charge is -2.32. The van der Waals surface area contributed by atoms with Gasteiger partial charge in [-0.3, -0.25) is 0 Å². The Morgan fingerprint density at radius 3 is 1.70 bits per heavy atom. The molecule has 0 saturated carbocycles. The van der Waals surface area contributed by atoms with Crippen molar-refractivity contribution >= 4 is 14.5 Å². The average molecular weight is 294 g/mol. The molecule has 113 valence electrons. The predicted octanol–water partition coefficient (Wildman–Crippen LogP) is 4.14. The lowest BCUT2D eigenvalue weighted by atomic mass is 10.0. The van der Waals surface area contributed by atoms with Crippen LogP contribution in [0.3, 0.4) is 0 Å². The zero-order valence-electron chi connectivity index (χ0n) is 14.2. The lowest BCUT2D eigenvalue weighted by Crippen LogP contribution is -2.48. The quantitative estimate of drug-likeness (QED) is 0.777. The molecule has 3 heteroatoms. The first kappa shape index (κ1) is 17.4. The second-order valence-corrected chi connectivity index (χ2v) is 8.98. The molecule has 0 aliphatic heterocycles. The molecule has 0 N–H and O–H groups in total. The third kappa shape index (κ3) is 5.78. The summed E-state index contributed by atoms with van der Waals surface area (Å²) >= 11 is 0. The van der Waals surface area contributed by atoms with Crippen LogP contribution >= 0.6 is 0 Å². The van der Waals surface area contributed by atoms with E-state index in [9.17, 15) is 0 Å². The van der Waals surface area contributed by atoms with Gasteiger partial charge in [-0.15, -0.1) is 0 Å². The molecule has 0 amide bonds. The first-order valence-electron chi connectivity index (χ1n) is 7.34. The van der Waals surface area contributed by atoms with Crippen molar-refractivity contribution < 1.29 is 8.85 Å². The summed E-state index contributed by atoms with van der Waals surface area (Å²) in [5.41, 5.74) is 0.919. The molecular weight excluding hydrogens is 264 g/mol. The van der Waals surface area contributed by atoms with E-state index in [0.29, 0.717) is 5.92 Å². The van der Waals surface area contributed by atoms with Crippen LogP contribution in [0.4, 0.5) is 0 Å². The SMILES string of the molecule is CC(C)c1ccccc1[Si](OC(C)(C)C)OC(C)(C)C. The van der Waals surface area contributed by atoms with Gasteiger partial charge >= 0.3 is 9.28 Å². The van der Waals surface area contributed by atoms with E-state index < -0.39 is 9.28 Å². The van der Waals surface area contributed by atoms with Gasteiger partial charge < -0.3 is 8.85 Å². The number of hydrogen-bond donors (Lipinski definition) is 0. The monoisotopic (exact) mass is 293 g/mol. The highest BCUT2D eigenvalue weighted by Gasteiger charge is 2.32. The van der Waals surface area contributed by atoms with Gasteiger partial charge in [-0.2, -0.15) is 0 Å². The van der Waals surface area contributed by atoms with Gasteiger partial charge in [0.1, 0.15) is 0 Å². The van der Waals surface area contributed by atoms with Crippen molar-refractivity contribution in [1.82, 2.24) is 0 Å². The highest BCUT2D eigenvalue weighted by atomic mass is 28.3. The van der Waals surface area contributed by atoms with Crippen molar-refractivity contribution in [2.75, 3.05) is 0 Å². The Labute approximate surface area is 126 Å². The van der Waals surface area contributed by atoms with Crippen LogP contribution in [-0.2, 0) is 8.85 Å². The van der Waals surface area contributed by atoms with Crippen LogP contribution in [-0.4, -0.2) is 20.5 Å². The van der Waals surface area contributed by atoms with Crippen molar-refractivity contribution in [1.29, 1.82) is 0 Å². The van der Waals surface area contributed by atoms with Crippen molar-refractivity contribution in [3.8, 4) is 0 Å². The van der Waals surface area contributed by atoms with Crippen LogP contribution in [0.2, 0.25) is 0 Å². The van der Waals surface area contributed by atoms with Crippen molar-refractivity contribution in [2.24, 2.45) is 0 Å². The van der Waals surface area contributed by atoms with Crippen LogP contribution < -0.4 is 5.19 Å². The predicted molar refractivity (Wildman–Crippen MR) is 87.6 cm³/mol. The minimum absolute atomic E-state index is 0.205. The van der Waals surface area contributed by atoms with Crippen LogP contribution in [0.5, 0.6) is 0 Å². The fourth-order valence-electron chi connectivity index (χ4n) is 1.87. The summed E-state index contributed by atoms with van der Waals surface area (Å²) < 4.78 is 12.5. The van der Waals surface area contributed by atoms with E-state index in [0.717, 1.165) is 0 Å². The Morgan fingerprint density at radius 1 is 0.850 bits per heavy atom. The Morgan fingerprint density at radius 2 is 1.30 bits per heavy atom. The summed E-state index contributed by atoms with van der Waals surface area (Å²) in [6.07, 6.45) is 0. The van der Waals surface area contributed by atoms with Gasteiger partial charge in [-0.05, 0) is 58.2 Å². The van der Waals surface area contributed by atoms with E-state index in [1.807, 2.05) is 0 Å². The molecule has 0 unspecified atom stereocenters. The first-order valence-corrected chi connectivity index (χ1v) is 8.65. The molecule has 0 heterocycles. The van der Waals surface area contributed by atoms with E-state index >= 15 is 0 Å². The maximum Gasteiger partial charge on any atom is 0.424 e. The van der Waals surface area contributed by atoms with Gasteiger partial charge in [-0.1, -0.05) is 38.1 Å². The van der Waals surface area contributed by atoms with E-state index in [1.54, 1.807) is 0 Å². The number of benzene rings is 1. The van der Waals surface area contributed by atoms with Crippen molar-refractivity contribution in [3.63, 3.8) is 0 Å². The van der Waals surface area contributed by atoms with E-state index in [-0.39, 0.29) is 11.2 Å². The fourth-order valence-corrected chi connectivity index (χ4v) is 4.09. The second-order valence-electron chi connectivity index (χ2n) is 7.46. The fraction of sp³-hybridized carbons (Fsp3) is 0.647. The number of hydrogen-bond acceptors (Lipinski definition) is 2. The summed E-state index contributed by atoms with van der Waals surface area (Å²) in [6, 6.07) is 8.50. The third-order valence-corrected chi connectivity index (χ3v) is 5.09. The molecule has 0 aromatic heterocycles. The largest absolute Gasteiger partial charge is 0.424 e. The summed E-state index contributed by atoms with van der Waals surface area (Å²) in [6.45, 7) is 16.9. The Kier molecular flexibility index (Phi) is 5.59. The van der Waals surface area contributed by atoms with Gasteiger partial charge in [0.25, 0.3) is 0 Å². The molecule has 0 saturated heterocycles. The van der Waals surface area contributed by atoms with E-state index in [1.165, 1.54) is 10.8 Å². The van der Waals surface area contributed by atoms with Crippen molar-refractivity contribution in [3.05, 3.63) is 29.8 Å².